The minimum absolute atomic E-state index is 0.136. The van der Waals surface area contributed by atoms with Crippen molar-refractivity contribution >= 4 is 11.9 Å². The van der Waals surface area contributed by atoms with Crippen LogP contribution in [-0.4, -0.2) is 31.6 Å². The van der Waals surface area contributed by atoms with Crippen LogP contribution in [0.15, 0.2) is 0 Å². The molecule has 0 heterocycles. The third-order valence-electron chi connectivity index (χ3n) is 3.11. The van der Waals surface area contributed by atoms with Crippen LogP contribution in [0.3, 0.4) is 0 Å². The largest absolute Gasteiger partial charge is 0.354 e. The summed E-state index contributed by atoms with van der Waals surface area (Å²) >= 11 is 0. The topological polar surface area (TPSA) is 70.2 Å². The number of hydrogen-bond acceptors (Lipinski definition) is 2. The van der Waals surface area contributed by atoms with Gasteiger partial charge in [-0.3, -0.25) is 4.79 Å². The fourth-order valence-electron chi connectivity index (χ4n) is 2.05. The summed E-state index contributed by atoms with van der Waals surface area (Å²) in [5, 5.41) is 8.35. The first-order chi connectivity index (χ1) is 8.59. The molecule has 0 aromatic heterocycles. The Labute approximate surface area is 109 Å². The van der Waals surface area contributed by atoms with Crippen LogP contribution >= 0.6 is 0 Å². The van der Waals surface area contributed by atoms with Gasteiger partial charge in [-0.2, -0.15) is 0 Å². The van der Waals surface area contributed by atoms with Crippen molar-refractivity contribution in [3.8, 4) is 0 Å². The molecule has 0 radical (unpaired) electrons. The summed E-state index contributed by atoms with van der Waals surface area (Å²) in [6.07, 6.45) is 4.34. The molecule has 3 amide bonds. The Hall–Kier alpha value is -1.26. The maximum atomic E-state index is 11.7. The summed E-state index contributed by atoms with van der Waals surface area (Å²) in [7, 11) is 0. The van der Waals surface area contributed by atoms with Gasteiger partial charge in [0.25, 0.3) is 0 Å². The zero-order chi connectivity index (χ0) is 13.4. The van der Waals surface area contributed by atoms with E-state index in [0.29, 0.717) is 25.6 Å². The summed E-state index contributed by atoms with van der Waals surface area (Å²) < 4.78 is 0. The van der Waals surface area contributed by atoms with Gasteiger partial charge in [-0.25, -0.2) is 4.79 Å². The zero-order valence-electron chi connectivity index (χ0n) is 11.4. The highest BCUT2D eigenvalue weighted by Gasteiger charge is 2.21. The van der Waals surface area contributed by atoms with Gasteiger partial charge in [0.15, 0.2) is 0 Å². The van der Waals surface area contributed by atoms with E-state index in [0.717, 1.165) is 25.7 Å². The van der Waals surface area contributed by atoms with E-state index in [9.17, 15) is 9.59 Å². The lowest BCUT2D eigenvalue weighted by atomic mass is 10.1. The Kier molecular flexibility index (Phi) is 6.54. The average molecular weight is 255 g/mol. The average Bonchev–Trinajstić information content (AvgIpc) is 2.85. The maximum Gasteiger partial charge on any atom is 0.314 e. The van der Waals surface area contributed by atoms with Gasteiger partial charge in [0, 0.05) is 25.6 Å². The SMILES string of the molecule is CC(C)CNC(=O)NCCNC(=O)C1CCCC1. The molecule has 0 aromatic rings. The summed E-state index contributed by atoms with van der Waals surface area (Å²) in [5.41, 5.74) is 0. The quantitative estimate of drug-likeness (QED) is 0.625. The summed E-state index contributed by atoms with van der Waals surface area (Å²) in [4.78, 5) is 23.0. The molecule has 1 aliphatic rings. The predicted octanol–water partition coefficient (Wildman–Crippen LogP) is 1.25. The second-order valence-corrected chi connectivity index (χ2v) is 5.30. The zero-order valence-corrected chi connectivity index (χ0v) is 11.4. The smallest absolute Gasteiger partial charge is 0.314 e. The van der Waals surface area contributed by atoms with Crippen molar-refractivity contribution in [3.05, 3.63) is 0 Å². The number of rotatable bonds is 6. The second kappa shape index (κ2) is 7.95. The molecule has 1 saturated carbocycles. The first-order valence-electron chi connectivity index (χ1n) is 6.89. The number of amides is 3. The Morgan fingerprint density at radius 3 is 2.28 bits per heavy atom. The number of hydrogen-bond donors (Lipinski definition) is 3. The van der Waals surface area contributed by atoms with Crippen molar-refractivity contribution in [1.29, 1.82) is 0 Å². The van der Waals surface area contributed by atoms with Gasteiger partial charge in [-0.05, 0) is 18.8 Å². The van der Waals surface area contributed by atoms with E-state index in [-0.39, 0.29) is 17.9 Å². The van der Waals surface area contributed by atoms with E-state index in [1.165, 1.54) is 0 Å². The molecule has 18 heavy (non-hydrogen) atoms. The van der Waals surface area contributed by atoms with Crippen molar-refractivity contribution in [1.82, 2.24) is 16.0 Å². The maximum absolute atomic E-state index is 11.7. The third kappa shape index (κ3) is 5.89. The van der Waals surface area contributed by atoms with Crippen LogP contribution in [0, 0.1) is 11.8 Å². The van der Waals surface area contributed by atoms with Crippen LogP contribution in [0.1, 0.15) is 39.5 Å². The van der Waals surface area contributed by atoms with E-state index >= 15 is 0 Å². The van der Waals surface area contributed by atoms with E-state index < -0.39 is 0 Å². The molecule has 5 nitrogen and oxygen atoms in total. The molecule has 0 saturated heterocycles. The van der Waals surface area contributed by atoms with Crippen LogP contribution in [0.2, 0.25) is 0 Å². The fourth-order valence-corrected chi connectivity index (χ4v) is 2.05. The highest BCUT2D eigenvalue weighted by molar-refractivity contribution is 5.79. The standard InChI is InChI=1S/C13H25N3O2/c1-10(2)9-16-13(18)15-8-7-14-12(17)11-5-3-4-6-11/h10-11H,3-9H2,1-2H3,(H,14,17)(H2,15,16,18). The lowest BCUT2D eigenvalue weighted by molar-refractivity contribution is -0.124. The third-order valence-corrected chi connectivity index (χ3v) is 3.11. The van der Waals surface area contributed by atoms with E-state index in [1.807, 2.05) is 13.8 Å². The number of carbonyl (C=O) groups excluding carboxylic acids is 2. The minimum Gasteiger partial charge on any atom is -0.354 e. The molecule has 0 unspecified atom stereocenters. The number of nitrogens with one attached hydrogen (secondary N) is 3. The van der Waals surface area contributed by atoms with Gasteiger partial charge in [0.05, 0.1) is 0 Å². The lowest BCUT2D eigenvalue weighted by Gasteiger charge is -2.12. The van der Waals surface area contributed by atoms with Crippen LogP contribution in [0.5, 0.6) is 0 Å². The van der Waals surface area contributed by atoms with Crippen molar-refractivity contribution in [2.75, 3.05) is 19.6 Å². The minimum atomic E-state index is -0.168. The molecule has 3 N–H and O–H groups in total. The van der Waals surface area contributed by atoms with Crippen LogP contribution in [-0.2, 0) is 4.79 Å². The molecule has 0 aromatic carbocycles. The van der Waals surface area contributed by atoms with Crippen molar-refractivity contribution in [3.63, 3.8) is 0 Å². The Bertz CT molecular complexity index is 273. The van der Waals surface area contributed by atoms with Crippen LogP contribution in [0.4, 0.5) is 4.79 Å². The molecule has 1 aliphatic carbocycles. The Morgan fingerprint density at radius 2 is 1.67 bits per heavy atom. The monoisotopic (exact) mass is 255 g/mol. The van der Waals surface area contributed by atoms with Gasteiger partial charge in [0.2, 0.25) is 5.91 Å². The van der Waals surface area contributed by atoms with Gasteiger partial charge >= 0.3 is 6.03 Å². The Balaban J connectivity index is 2.00. The summed E-state index contributed by atoms with van der Waals surface area (Å²) in [5.74, 6) is 0.773. The van der Waals surface area contributed by atoms with Crippen molar-refractivity contribution < 1.29 is 9.59 Å². The first-order valence-corrected chi connectivity index (χ1v) is 6.89. The summed E-state index contributed by atoms with van der Waals surface area (Å²) in [6, 6.07) is -0.168. The molecule has 0 atom stereocenters. The normalized spacial score (nSPS) is 15.7. The van der Waals surface area contributed by atoms with Crippen LogP contribution in [0.25, 0.3) is 0 Å². The van der Waals surface area contributed by atoms with Crippen LogP contribution < -0.4 is 16.0 Å². The second-order valence-electron chi connectivity index (χ2n) is 5.30. The van der Waals surface area contributed by atoms with Crippen molar-refractivity contribution in [2.24, 2.45) is 11.8 Å². The molecule has 5 heteroatoms. The molecule has 104 valence electrons. The molecule has 0 aliphatic heterocycles. The summed E-state index contributed by atoms with van der Waals surface area (Å²) in [6.45, 7) is 5.73. The van der Waals surface area contributed by atoms with Gasteiger partial charge < -0.3 is 16.0 Å². The van der Waals surface area contributed by atoms with E-state index in [4.69, 9.17) is 0 Å². The van der Waals surface area contributed by atoms with E-state index in [2.05, 4.69) is 16.0 Å². The lowest BCUT2D eigenvalue weighted by Crippen LogP contribution is -2.42. The van der Waals surface area contributed by atoms with Gasteiger partial charge in [-0.1, -0.05) is 26.7 Å². The number of urea groups is 1. The highest BCUT2D eigenvalue weighted by atomic mass is 16.2. The highest BCUT2D eigenvalue weighted by Crippen LogP contribution is 2.24. The first kappa shape index (κ1) is 14.8. The fraction of sp³-hybridized carbons (Fsp3) is 0.846. The Morgan fingerprint density at radius 1 is 1.06 bits per heavy atom. The number of carbonyl (C=O) groups is 2. The molecule has 1 fully saturated rings. The molecular formula is C13H25N3O2. The molecule has 0 bridgehead atoms. The van der Waals surface area contributed by atoms with Gasteiger partial charge in [-0.15, -0.1) is 0 Å². The van der Waals surface area contributed by atoms with E-state index in [1.54, 1.807) is 0 Å². The van der Waals surface area contributed by atoms with Gasteiger partial charge in [0.1, 0.15) is 0 Å². The predicted molar refractivity (Wildman–Crippen MR) is 71.2 cm³/mol. The molecular weight excluding hydrogens is 230 g/mol. The van der Waals surface area contributed by atoms with Crippen molar-refractivity contribution in [2.45, 2.75) is 39.5 Å². The molecule has 1 rings (SSSR count). The molecule has 0 spiro atoms.